The first-order valence-electron chi connectivity index (χ1n) is 7.16. The quantitative estimate of drug-likeness (QED) is 0.835. The van der Waals surface area contributed by atoms with Crippen LogP contribution in [0.15, 0.2) is 42.5 Å². The third kappa shape index (κ3) is 3.53. The second-order valence-electron chi connectivity index (χ2n) is 5.17. The van der Waals surface area contributed by atoms with Crippen molar-refractivity contribution < 1.29 is 4.74 Å². The van der Waals surface area contributed by atoms with Crippen LogP contribution < -0.4 is 10.1 Å². The highest BCUT2D eigenvalue weighted by molar-refractivity contribution is 5.50. The second kappa shape index (κ2) is 6.47. The molecule has 106 valence electrons. The predicted molar refractivity (Wildman–Crippen MR) is 85.6 cm³/mol. The van der Waals surface area contributed by atoms with Crippen molar-refractivity contribution in [3.05, 3.63) is 59.2 Å². The average molecular weight is 269 g/mol. The van der Waals surface area contributed by atoms with Gasteiger partial charge in [0.2, 0.25) is 0 Å². The van der Waals surface area contributed by atoms with Gasteiger partial charge in [0.25, 0.3) is 0 Å². The van der Waals surface area contributed by atoms with Gasteiger partial charge in [-0.15, -0.1) is 0 Å². The maximum Gasteiger partial charge on any atom is 0.121 e. The van der Waals surface area contributed by atoms with E-state index < -0.39 is 0 Å². The summed E-state index contributed by atoms with van der Waals surface area (Å²) < 4.78 is 5.53. The van der Waals surface area contributed by atoms with Gasteiger partial charge in [-0.05, 0) is 56.5 Å². The summed E-state index contributed by atoms with van der Waals surface area (Å²) in [6, 6.07) is 15.0. The Morgan fingerprint density at radius 3 is 2.55 bits per heavy atom. The van der Waals surface area contributed by atoms with Crippen molar-refractivity contribution in [3.63, 3.8) is 0 Å². The Kier molecular flexibility index (Phi) is 4.67. The van der Waals surface area contributed by atoms with Crippen LogP contribution in [0.4, 0.5) is 5.69 Å². The number of rotatable bonds is 5. The lowest BCUT2D eigenvalue weighted by atomic mass is 10.0. The minimum Gasteiger partial charge on any atom is -0.494 e. The lowest BCUT2D eigenvalue weighted by Crippen LogP contribution is -2.07. The van der Waals surface area contributed by atoms with Crippen LogP contribution in [0, 0.1) is 13.8 Å². The lowest BCUT2D eigenvalue weighted by Gasteiger charge is -2.17. The number of benzene rings is 2. The number of aryl methyl sites for hydroxylation is 2. The molecule has 2 rings (SSSR count). The minimum atomic E-state index is 0.270. The van der Waals surface area contributed by atoms with Crippen molar-refractivity contribution >= 4 is 5.69 Å². The van der Waals surface area contributed by atoms with Crippen LogP contribution in [-0.4, -0.2) is 6.61 Å². The predicted octanol–water partition coefficient (Wildman–Crippen LogP) is 4.88. The second-order valence-corrected chi connectivity index (χ2v) is 5.17. The lowest BCUT2D eigenvalue weighted by molar-refractivity contribution is 0.340. The molecule has 1 N–H and O–H groups in total. The molecule has 0 fully saturated rings. The van der Waals surface area contributed by atoms with Crippen molar-refractivity contribution in [2.75, 3.05) is 11.9 Å². The van der Waals surface area contributed by atoms with Gasteiger partial charge >= 0.3 is 0 Å². The van der Waals surface area contributed by atoms with Crippen LogP contribution in [0.25, 0.3) is 0 Å². The standard InChI is InChI=1S/C18H23NO/c1-5-20-18-8-6-7-17(12-18)19-15(4)16-10-9-13(2)14(3)11-16/h6-12,15,19H,5H2,1-4H3. The fourth-order valence-corrected chi connectivity index (χ4v) is 2.21. The monoisotopic (exact) mass is 269 g/mol. The highest BCUT2D eigenvalue weighted by atomic mass is 16.5. The number of ether oxygens (including phenoxy) is 1. The molecule has 0 saturated heterocycles. The Morgan fingerprint density at radius 1 is 1.05 bits per heavy atom. The first kappa shape index (κ1) is 14.4. The first-order chi connectivity index (χ1) is 9.60. The highest BCUT2D eigenvalue weighted by Gasteiger charge is 2.07. The summed E-state index contributed by atoms with van der Waals surface area (Å²) >= 11 is 0. The van der Waals surface area contributed by atoms with Gasteiger partial charge in [-0.2, -0.15) is 0 Å². The summed E-state index contributed by atoms with van der Waals surface area (Å²) in [7, 11) is 0. The van der Waals surface area contributed by atoms with Crippen LogP contribution in [0.3, 0.4) is 0 Å². The van der Waals surface area contributed by atoms with Crippen molar-refractivity contribution in [1.82, 2.24) is 0 Å². The molecule has 0 aliphatic rings. The van der Waals surface area contributed by atoms with Crippen LogP contribution in [0.5, 0.6) is 5.75 Å². The van der Waals surface area contributed by atoms with Gasteiger partial charge in [0.1, 0.15) is 5.75 Å². The van der Waals surface area contributed by atoms with Crippen molar-refractivity contribution in [2.45, 2.75) is 33.7 Å². The molecule has 0 heterocycles. The maximum atomic E-state index is 5.53. The molecule has 20 heavy (non-hydrogen) atoms. The zero-order valence-electron chi connectivity index (χ0n) is 12.7. The summed E-state index contributed by atoms with van der Waals surface area (Å²) in [6.45, 7) is 9.16. The van der Waals surface area contributed by atoms with E-state index in [0.717, 1.165) is 11.4 Å². The van der Waals surface area contributed by atoms with E-state index in [9.17, 15) is 0 Å². The van der Waals surface area contributed by atoms with E-state index in [2.05, 4.69) is 50.4 Å². The Balaban J connectivity index is 2.12. The molecule has 2 nitrogen and oxygen atoms in total. The summed E-state index contributed by atoms with van der Waals surface area (Å²) in [5.41, 5.74) is 5.05. The zero-order chi connectivity index (χ0) is 14.5. The number of nitrogens with one attached hydrogen (secondary N) is 1. The summed E-state index contributed by atoms with van der Waals surface area (Å²) in [4.78, 5) is 0. The molecular formula is C18H23NO. The van der Waals surface area contributed by atoms with E-state index in [1.807, 2.05) is 25.1 Å². The molecule has 0 spiro atoms. The van der Waals surface area contributed by atoms with Crippen molar-refractivity contribution in [3.8, 4) is 5.75 Å². The molecule has 0 saturated carbocycles. The van der Waals surface area contributed by atoms with E-state index in [4.69, 9.17) is 4.74 Å². The topological polar surface area (TPSA) is 21.3 Å². The zero-order valence-corrected chi connectivity index (χ0v) is 12.7. The van der Waals surface area contributed by atoms with Gasteiger partial charge in [0.15, 0.2) is 0 Å². The third-order valence-electron chi connectivity index (χ3n) is 3.56. The molecule has 1 unspecified atom stereocenters. The van der Waals surface area contributed by atoms with Crippen LogP contribution in [-0.2, 0) is 0 Å². The van der Waals surface area contributed by atoms with Gasteiger partial charge < -0.3 is 10.1 Å². The minimum absolute atomic E-state index is 0.270. The van der Waals surface area contributed by atoms with E-state index in [1.54, 1.807) is 0 Å². The van der Waals surface area contributed by atoms with E-state index >= 15 is 0 Å². The maximum absolute atomic E-state index is 5.53. The summed E-state index contributed by atoms with van der Waals surface area (Å²) in [5.74, 6) is 0.907. The largest absolute Gasteiger partial charge is 0.494 e. The molecule has 0 aromatic heterocycles. The highest BCUT2D eigenvalue weighted by Crippen LogP contribution is 2.24. The van der Waals surface area contributed by atoms with Crippen molar-refractivity contribution in [1.29, 1.82) is 0 Å². The molecule has 2 heteroatoms. The third-order valence-corrected chi connectivity index (χ3v) is 3.56. The molecule has 0 aliphatic heterocycles. The SMILES string of the molecule is CCOc1cccc(NC(C)c2ccc(C)c(C)c2)c1. The molecule has 0 radical (unpaired) electrons. The molecular weight excluding hydrogens is 246 g/mol. The Labute approximate surface area is 121 Å². The normalized spacial score (nSPS) is 12.0. The van der Waals surface area contributed by atoms with Gasteiger partial charge in [-0.1, -0.05) is 24.3 Å². The van der Waals surface area contributed by atoms with Crippen LogP contribution in [0.2, 0.25) is 0 Å². The van der Waals surface area contributed by atoms with E-state index in [-0.39, 0.29) is 6.04 Å². The van der Waals surface area contributed by atoms with E-state index in [1.165, 1.54) is 16.7 Å². The smallest absolute Gasteiger partial charge is 0.121 e. The van der Waals surface area contributed by atoms with Gasteiger partial charge in [-0.25, -0.2) is 0 Å². The molecule has 1 atom stereocenters. The summed E-state index contributed by atoms with van der Waals surface area (Å²) in [6.07, 6.45) is 0. The van der Waals surface area contributed by atoms with Crippen molar-refractivity contribution in [2.24, 2.45) is 0 Å². The number of hydrogen-bond donors (Lipinski definition) is 1. The average Bonchev–Trinajstić information content (AvgIpc) is 2.42. The van der Waals surface area contributed by atoms with Gasteiger partial charge in [0.05, 0.1) is 6.61 Å². The molecule has 0 amide bonds. The molecule has 0 aliphatic carbocycles. The van der Waals surface area contributed by atoms with Crippen LogP contribution in [0.1, 0.15) is 36.6 Å². The Hall–Kier alpha value is -1.96. The van der Waals surface area contributed by atoms with Gasteiger partial charge in [0, 0.05) is 17.8 Å². The number of hydrogen-bond acceptors (Lipinski definition) is 2. The molecule has 0 bridgehead atoms. The molecule has 2 aromatic carbocycles. The number of anilines is 1. The fraction of sp³-hybridized carbons (Fsp3) is 0.333. The Morgan fingerprint density at radius 2 is 1.85 bits per heavy atom. The Bertz CT molecular complexity index is 577. The fourth-order valence-electron chi connectivity index (χ4n) is 2.21. The first-order valence-corrected chi connectivity index (χ1v) is 7.16. The van der Waals surface area contributed by atoms with Gasteiger partial charge in [-0.3, -0.25) is 0 Å². The molecule has 2 aromatic rings. The summed E-state index contributed by atoms with van der Waals surface area (Å²) in [5, 5.41) is 3.52. The van der Waals surface area contributed by atoms with Crippen LogP contribution >= 0.6 is 0 Å². The van der Waals surface area contributed by atoms with E-state index in [0.29, 0.717) is 6.61 Å².